The third-order valence-corrected chi connectivity index (χ3v) is 4.07. The molecule has 0 atom stereocenters. The van der Waals surface area contributed by atoms with Gasteiger partial charge < -0.3 is 20.1 Å². The molecule has 0 spiro atoms. The molecule has 0 fully saturated rings. The molecule has 148 valence electrons. The molecular weight excluding hydrogens is 372 g/mol. The van der Waals surface area contributed by atoms with Gasteiger partial charge >= 0.3 is 5.97 Å². The number of nitrogens with zero attached hydrogens (tertiary/aromatic N) is 2. The summed E-state index contributed by atoms with van der Waals surface area (Å²) in [5, 5.41) is 5.82. The summed E-state index contributed by atoms with van der Waals surface area (Å²) in [6.07, 6.45) is 2.83. The Kier molecular flexibility index (Phi) is 6.36. The minimum Gasteiger partial charge on any atom is -0.496 e. The molecule has 1 amide bonds. The SMILES string of the molecule is COC(=O)c1cccc(Nc2cnc(C(=O)NCc3ccccc3OC)cn2)c1. The summed E-state index contributed by atoms with van der Waals surface area (Å²) < 4.78 is 9.98. The van der Waals surface area contributed by atoms with Gasteiger partial charge in [-0.1, -0.05) is 24.3 Å². The number of nitrogens with one attached hydrogen (secondary N) is 2. The number of carbonyl (C=O) groups excluding carboxylic acids is 2. The van der Waals surface area contributed by atoms with E-state index in [-0.39, 0.29) is 11.6 Å². The van der Waals surface area contributed by atoms with E-state index >= 15 is 0 Å². The molecule has 0 aliphatic carbocycles. The van der Waals surface area contributed by atoms with Crippen LogP contribution in [0.5, 0.6) is 5.75 Å². The lowest BCUT2D eigenvalue weighted by Gasteiger charge is -2.10. The number of amides is 1. The molecule has 0 unspecified atom stereocenters. The number of benzene rings is 2. The van der Waals surface area contributed by atoms with Crippen molar-refractivity contribution in [1.29, 1.82) is 0 Å². The molecule has 0 saturated carbocycles. The fourth-order valence-corrected chi connectivity index (χ4v) is 2.61. The largest absolute Gasteiger partial charge is 0.496 e. The maximum absolute atomic E-state index is 12.3. The summed E-state index contributed by atoms with van der Waals surface area (Å²) in [4.78, 5) is 32.3. The van der Waals surface area contributed by atoms with E-state index in [0.717, 1.165) is 5.56 Å². The van der Waals surface area contributed by atoms with Crippen LogP contribution >= 0.6 is 0 Å². The van der Waals surface area contributed by atoms with Crippen molar-refractivity contribution in [1.82, 2.24) is 15.3 Å². The molecule has 0 aliphatic rings. The molecular formula is C21H20N4O4. The molecule has 2 N–H and O–H groups in total. The fraction of sp³-hybridized carbons (Fsp3) is 0.143. The van der Waals surface area contributed by atoms with Gasteiger partial charge in [0, 0.05) is 17.8 Å². The maximum atomic E-state index is 12.3. The van der Waals surface area contributed by atoms with E-state index in [4.69, 9.17) is 9.47 Å². The summed E-state index contributed by atoms with van der Waals surface area (Å²) >= 11 is 0. The first-order chi connectivity index (χ1) is 14.1. The Bertz CT molecular complexity index is 1010. The highest BCUT2D eigenvalue weighted by Gasteiger charge is 2.10. The van der Waals surface area contributed by atoms with Crippen molar-refractivity contribution in [3.63, 3.8) is 0 Å². The minimum absolute atomic E-state index is 0.189. The van der Waals surface area contributed by atoms with Crippen LogP contribution in [-0.4, -0.2) is 36.1 Å². The summed E-state index contributed by atoms with van der Waals surface area (Å²) in [5.74, 6) is 0.366. The van der Waals surface area contributed by atoms with Crippen LogP contribution in [0.1, 0.15) is 26.4 Å². The monoisotopic (exact) mass is 392 g/mol. The Labute approximate surface area is 167 Å². The Morgan fingerprint density at radius 3 is 2.55 bits per heavy atom. The number of aromatic nitrogens is 2. The second-order valence-corrected chi connectivity index (χ2v) is 5.98. The zero-order valence-corrected chi connectivity index (χ0v) is 16.0. The van der Waals surface area contributed by atoms with Gasteiger partial charge in [-0.15, -0.1) is 0 Å². The van der Waals surface area contributed by atoms with Gasteiger partial charge in [0.2, 0.25) is 0 Å². The number of hydrogen-bond acceptors (Lipinski definition) is 7. The first kappa shape index (κ1) is 19.8. The van der Waals surface area contributed by atoms with E-state index in [1.807, 2.05) is 24.3 Å². The van der Waals surface area contributed by atoms with Crippen LogP contribution < -0.4 is 15.4 Å². The summed E-state index contributed by atoms with van der Waals surface area (Å²) in [6, 6.07) is 14.2. The molecule has 29 heavy (non-hydrogen) atoms. The number of methoxy groups -OCH3 is 2. The second-order valence-electron chi connectivity index (χ2n) is 5.98. The predicted octanol–water partition coefficient (Wildman–Crippen LogP) is 2.95. The average Bonchev–Trinajstić information content (AvgIpc) is 2.77. The van der Waals surface area contributed by atoms with Gasteiger partial charge in [0.05, 0.1) is 32.2 Å². The van der Waals surface area contributed by atoms with E-state index in [1.165, 1.54) is 19.5 Å². The van der Waals surface area contributed by atoms with Crippen molar-refractivity contribution in [2.45, 2.75) is 6.54 Å². The Balaban J connectivity index is 1.62. The minimum atomic E-state index is -0.429. The lowest BCUT2D eigenvalue weighted by molar-refractivity contribution is 0.0600. The molecule has 3 rings (SSSR count). The summed E-state index contributed by atoms with van der Waals surface area (Å²) in [7, 11) is 2.91. The van der Waals surface area contributed by atoms with Crippen molar-refractivity contribution in [2.24, 2.45) is 0 Å². The van der Waals surface area contributed by atoms with Crippen LogP contribution in [0.4, 0.5) is 11.5 Å². The first-order valence-corrected chi connectivity index (χ1v) is 8.78. The highest BCUT2D eigenvalue weighted by Crippen LogP contribution is 2.18. The van der Waals surface area contributed by atoms with Gasteiger partial charge in [0.1, 0.15) is 17.3 Å². The molecule has 8 nitrogen and oxygen atoms in total. The molecule has 0 radical (unpaired) electrons. The van der Waals surface area contributed by atoms with Crippen LogP contribution in [0.2, 0.25) is 0 Å². The number of carbonyl (C=O) groups is 2. The Morgan fingerprint density at radius 1 is 1.00 bits per heavy atom. The van der Waals surface area contributed by atoms with Crippen molar-refractivity contribution in [3.8, 4) is 5.75 Å². The second kappa shape index (κ2) is 9.32. The molecule has 1 aromatic heterocycles. The number of para-hydroxylation sites is 1. The zero-order valence-electron chi connectivity index (χ0n) is 16.0. The number of hydrogen-bond donors (Lipinski definition) is 2. The molecule has 1 heterocycles. The molecule has 0 bridgehead atoms. The third-order valence-electron chi connectivity index (χ3n) is 4.07. The lowest BCUT2D eigenvalue weighted by Crippen LogP contribution is -2.24. The van der Waals surface area contributed by atoms with E-state index < -0.39 is 5.97 Å². The van der Waals surface area contributed by atoms with Gasteiger partial charge in [0.25, 0.3) is 5.91 Å². The van der Waals surface area contributed by atoms with E-state index in [2.05, 4.69) is 20.6 Å². The maximum Gasteiger partial charge on any atom is 0.337 e. The van der Waals surface area contributed by atoms with Crippen LogP contribution in [-0.2, 0) is 11.3 Å². The van der Waals surface area contributed by atoms with E-state index in [1.54, 1.807) is 31.4 Å². The molecule has 0 aliphatic heterocycles. The number of ether oxygens (including phenoxy) is 2. The van der Waals surface area contributed by atoms with Gasteiger partial charge in [-0.2, -0.15) is 0 Å². The summed E-state index contributed by atoms with van der Waals surface area (Å²) in [5.41, 5.74) is 2.11. The third kappa shape index (κ3) is 5.07. The normalized spacial score (nSPS) is 10.1. The lowest BCUT2D eigenvalue weighted by atomic mass is 10.2. The standard InChI is InChI=1S/C21H20N4O4/c1-28-18-9-4-3-6-15(18)11-24-20(26)17-12-23-19(13-22-17)25-16-8-5-7-14(10-16)21(27)29-2/h3-10,12-13H,11H2,1-2H3,(H,23,25)(H,24,26). The Morgan fingerprint density at radius 2 is 1.83 bits per heavy atom. The quantitative estimate of drug-likeness (QED) is 0.596. The van der Waals surface area contributed by atoms with Crippen molar-refractivity contribution in [3.05, 3.63) is 77.7 Å². The van der Waals surface area contributed by atoms with Crippen molar-refractivity contribution in [2.75, 3.05) is 19.5 Å². The molecule has 8 heteroatoms. The molecule has 3 aromatic rings. The number of rotatable bonds is 7. The molecule has 2 aromatic carbocycles. The van der Waals surface area contributed by atoms with Gasteiger partial charge in [0.15, 0.2) is 0 Å². The van der Waals surface area contributed by atoms with Crippen LogP contribution in [0.25, 0.3) is 0 Å². The number of esters is 1. The van der Waals surface area contributed by atoms with Crippen LogP contribution in [0, 0.1) is 0 Å². The van der Waals surface area contributed by atoms with Gasteiger partial charge in [-0.3, -0.25) is 4.79 Å². The van der Waals surface area contributed by atoms with Crippen LogP contribution in [0.3, 0.4) is 0 Å². The van der Waals surface area contributed by atoms with Crippen molar-refractivity contribution < 1.29 is 19.1 Å². The predicted molar refractivity (Wildman–Crippen MR) is 107 cm³/mol. The Hall–Kier alpha value is -3.94. The first-order valence-electron chi connectivity index (χ1n) is 8.78. The van der Waals surface area contributed by atoms with Gasteiger partial charge in [-0.25, -0.2) is 14.8 Å². The van der Waals surface area contributed by atoms with E-state index in [9.17, 15) is 9.59 Å². The van der Waals surface area contributed by atoms with Crippen LogP contribution in [0.15, 0.2) is 60.9 Å². The fourth-order valence-electron chi connectivity index (χ4n) is 2.61. The zero-order chi connectivity index (χ0) is 20.6. The highest BCUT2D eigenvalue weighted by atomic mass is 16.5. The molecule has 0 saturated heterocycles. The topological polar surface area (TPSA) is 102 Å². The average molecular weight is 392 g/mol. The van der Waals surface area contributed by atoms with Gasteiger partial charge in [-0.05, 0) is 24.3 Å². The smallest absolute Gasteiger partial charge is 0.337 e. The van der Waals surface area contributed by atoms with E-state index in [0.29, 0.717) is 29.4 Å². The summed E-state index contributed by atoms with van der Waals surface area (Å²) in [6.45, 7) is 0.310. The van der Waals surface area contributed by atoms with Crippen molar-refractivity contribution >= 4 is 23.4 Å². The number of anilines is 2. The highest BCUT2D eigenvalue weighted by molar-refractivity contribution is 5.92.